The van der Waals surface area contributed by atoms with Crippen molar-refractivity contribution in [2.75, 3.05) is 5.32 Å². The number of rotatable bonds is 3. The van der Waals surface area contributed by atoms with Gasteiger partial charge < -0.3 is 10.1 Å². The van der Waals surface area contributed by atoms with Crippen molar-refractivity contribution in [1.29, 1.82) is 0 Å². The Kier molecular flexibility index (Phi) is 3.95. The smallest absolute Gasteiger partial charge is 0.329 e. The summed E-state index contributed by atoms with van der Waals surface area (Å²) in [5, 5.41) is 3.27. The third-order valence-corrected chi connectivity index (χ3v) is 4.65. The number of carbonyl (C=O) groups excluding carboxylic acids is 1. The highest BCUT2D eigenvalue weighted by atomic mass is 16.5. The van der Waals surface area contributed by atoms with Gasteiger partial charge in [-0.3, -0.25) is 0 Å². The summed E-state index contributed by atoms with van der Waals surface area (Å²) in [6.07, 6.45) is 6.63. The molecule has 0 saturated heterocycles. The Labute approximate surface area is 120 Å². The van der Waals surface area contributed by atoms with E-state index in [0.717, 1.165) is 30.9 Å². The predicted octanol–water partition coefficient (Wildman–Crippen LogP) is 3.54. The molecule has 3 rings (SSSR count). The molecule has 2 aliphatic rings. The second-order valence-electron chi connectivity index (χ2n) is 6.06. The average molecular weight is 273 g/mol. The van der Waals surface area contributed by atoms with Crippen LogP contribution in [0.5, 0.6) is 0 Å². The standard InChI is InChI=1S/C17H23NO2/c1-2-12-6-5-8-14(10-12)20-17(19)16-11-13-7-3-4-9-15(13)18-16/h3-4,7,9,12,14,16,18H,2,5-6,8,10-11H2,1H3/t12?,14?,16-/m0/s1. The first-order valence-corrected chi connectivity index (χ1v) is 7.81. The predicted molar refractivity (Wildman–Crippen MR) is 79.7 cm³/mol. The van der Waals surface area contributed by atoms with Crippen LogP contribution in [-0.4, -0.2) is 18.1 Å². The lowest BCUT2D eigenvalue weighted by Gasteiger charge is -2.29. The third kappa shape index (κ3) is 2.82. The number of hydrogen-bond acceptors (Lipinski definition) is 3. The van der Waals surface area contributed by atoms with Gasteiger partial charge in [0, 0.05) is 12.1 Å². The van der Waals surface area contributed by atoms with Gasteiger partial charge in [0.2, 0.25) is 0 Å². The van der Waals surface area contributed by atoms with Gasteiger partial charge in [0.1, 0.15) is 12.1 Å². The van der Waals surface area contributed by atoms with Crippen LogP contribution in [0, 0.1) is 5.92 Å². The molecule has 3 atom stereocenters. The first kappa shape index (κ1) is 13.5. The number of carbonyl (C=O) groups is 1. The normalized spacial score (nSPS) is 28.6. The van der Waals surface area contributed by atoms with Crippen LogP contribution in [0.4, 0.5) is 5.69 Å². The van der Waals surface area contributed by atoms with E-state index in [0.29, 0.717) is 0 Å². The average Bonchev–Trinajstić information content (AvgIpc) is 2.91. The second-order valence-corrected chi connectivity index (χ2v) is 6.06. The lowest BCUT2D eigenvalue weighted by atomic mass is 9.85. The van der Waals surface area contributed by atoms with E-state index in [2.05, 4.69) is 18.3 Å². The molecule has 0 amide bonds. The Morgan fingerprint density at radius 1 is 1.35 bits per heavy atom. The first-order valence-electron chi connectivity index (χ1n) is 7.81. The molecular formula is C17H23NO2. The molecule has 0 radical (unpaired) electrons. The summed E-state index contributed by atoms with van der Waals surface area (Å²) >= 11 is 0. The summed E-state index contributed by atoms with van der Waals surface area (Å²) in [6.45, 7) is 2.23. The number of anilines is 1. The number of esters is 1. The van der Waals surface area contributed by atoms with Crippen LogP contribution < -0.4 is 5.32 Å². The van der Waals surface area contributed by atoms with Gasteiger partial charge in [-0.15, -0.1) is 0 Å². The highest BCUT2D eigenvalue weighted by Crippen LogP contribution is 2.30. The van der Waals surface area contributed by atoms with E-state index in [1.165, 1.54) is 24.8 Å². The molecule has 1 saturated carbocycles. The van der Waals surface area contributed by atoms with Gasteiger partial charge >= 0.3 is 5.97 Å². The molecule has 1 heterocycles. The summed E-state index contributed by atoms with van der Waals surface area (Å²) in [5.74, 6) is 0.651. The first-order chi connectivity index (χ1) is 9.76. The number of benzene rings is 1. The zero-order valence-electron chi connectivity index (χ0n) is 12.1. The SMILES string of the molecule is CCC1CCCC(OC(=O)[C@@H]2Cc3ccccc3N2)C1. The van der Waals surface area contributed by atoms with Gasteiger partial charge in [0.05, 0.1) is 0 Å². The number of fused-ring (bicyclic) bond motifs is 1. The zero-order valence-corrected chi connectivity index (χ0v) is 12.1. The molecule has 0 aromatic heterocycles. The van der Waals surface area contributed by atoms with Crippen LogP contribution in [0.15, 0.2) is 24.3 Å². The molecule has 1 aliphatic carbocycles. The fourth-order valence-electron chi connectivity index (χ4n) is 3.41. The number of para-hydroxylation sites is 1. The third-order valence-electron chi connectivity index (χ3n) is 4.65. The maximum atomic E-state index is 12.3. The summed E-state index contributed by atoms with van der Waals surface area (Å²) in [7, 11) is 0. The fourth-order valence-corrected chi connectivity index (χ4v) is 3.41. The minimum absolute atomic E-state index is 0.0806. The zero-order chi connectivity index (χ0) is 13.9. The summed E-state index contributed by atoms with van der Waals surface area (Å²) < 4.78 is 5.74. The Hall–Kier alpha value is -1.51. The van der Waals surface area contributed by atoms with Crippen LogP contribution in [-0.2, 0) is 16.0 Å². The van der Waals surface area contributed by atoms with Crippen molar-refractivity contribution in [3.8, 4) is 0 Å². The van der Waals surface area contributed by atoms with E-state index in [1.54, 1.807) is 0 Å². The summed E-state index contributed by atoms with van der Waals surface area (Å²) in [5.41, 5.74) is 2.29. The lowest BCUT2D eigenvalue weighted by molar-refractivity contribution is -0.152. The van der Waals surface area contributed by atoms with Crippen molar-refractivity contribution in [2.24, 2.45) is 5.92 Å². The number of hydrogen-bond donors (Lipinski definition) is 1. The van der Waals surface area contributed by atoms with E-state index in [9.17, 15) is 4.79 Å². The van der Waals surface area contributed by atoms with Gasteiger partial charge in [-0.05, 0) is 36.8 Å². The van der Waals surface area contributed by atoms with Gasteiger partial charge in [-0.1, -0.05) is 38.0 Å². The molecule has 108 valence electrons. The van der Waals surface area contributed by atoms with E-state index < -0.39 is 0 Å². The molecule has 0 spiro atoms. The molecule has 1 fully saturated rings. The maximum absolute atomic E-state index is 12.3. The molecular weight excluding hydrogens is 250 g/mol. The molecule has 0 bridgehead atoms. The molecule has 20 heavy (non-hydrogen) atoms. The molecule has 1 N–H and O–H groups in total. The summed E-state index contributed by atoms with van der Waals surface area (Å²) in [6, 6.07) is 7.90. The van der Waals surface area contributed by atoms with Crippen molar-refractivity contribution in [1.82, 2.24) is 0 Å². The van der Waals surface area contributed by atoms with Gasteiger partial charge in [-0.2, -0.15) is 0 Å². The Balaban J connectivity index is 1.56. The van der Waals surface area contributed by atoms with Crippen molar-refractivity contribution in [3.63, 3.8) is 0 Å². The Morgan fingerprint density at radius 3 is 3.00 bits per heavy atom. The fraction of sp³-hybridized carbons (Fsp3) is 0.588. The quantitative estimate of drug-likeness (QED) is 0.856. The van der Waals surface area contributed by atoms with Gasteiger partial charge in [0.25, 0.3) is 0 Å². The number of ether oxygens (including phenoxy) is 1. The minimum atomic E-state index is -0.200. The van der Waals surface area contributed by atoms with E-state index in [4.69, 9.17) is 4.74 Å². The molecule has 3 nitrogen and oxygen atoms in total. The Morgan fingerprint density at radius 2 is 2.20 bits per heavy atom. The monoisotopic (exact) mass is 273 g/mol. The molecule has 1 aromatic rings. The topological polar surface area (TPSA) is 38.3 Å². The number of nitrogens with one attached hydrogen (secondary N) is 1. The van der Waals surface area contributed by atoms with Crippen LogP contribution in [0.25, 0.3) is 0 Å². The van der Waals surface area contributed by atoms with E-state index in [-0.39, 0.29) is 18.1 Å². The van der Waals surface area contributed by atoms with Gasteiger partial charge in [-0.25, -0.2) is 4.79 Å². The van der Waals surface area contributed by atoms with Crippen LogP contribution in [0.1, 0.15) is 44.6 Å². The maximum Gasteiger partial charge on any atom is 0.329 e. The van der Waals surface area contributed by atoms with Crippen molar-refractivity contribution < 1.29 is 9.53 Å². The second kappa shape index (κ2) is 5.86. The van der Waals surface area contributed by atoms with Crippen molar-refractivity contribution in [3.05, 3.63) is 29.8 Å². The largest absolute Gasteiger partial charge is 0.461 e. The van der Waals surface area contributed by atoms with Crippen LogP contribution in [0.3, 0.4) is 0 Å². The molecule has 1 aromatic carbocycles. The van der Waals surface area contributed by atoms with Crippen LogP contribution in [0.2, 0.25) is 0 Å². The minimum Gasteiger partial charge on any atom is -0.461 e. The summed E-state index contributed by atoms with van der Waals surface area (Å²) in [4.78, 5) is 12.3. The highest BCUT2D eigenvalue weighted by molar-refractivity contribution is 5.83. The molecule has 3 heteroatoms. The Bertz CT molecular complexity index is 461. The van der Waals surface area contributed by atoms with Crippen molar-refractivity contribution in [2.45, 2.75) is 57.6 Å². The van der Waals surface area contributed by atoms with E-state index in [1.807, 2.05) is 18.2 Å². The van der Waals surface area contributed by atoms with Gasteiger partial charge in [0.15, 0.2) is 0 Å². The van der Waals surface area contributed by atoms with Crippen molar-refractivity contribution >= 4 is 11.7 Å². The molecule has 1 aliphatic heterocycles. The van der Waals surface area contributed by atoms with Crippen LogP contribution >= 0.6 is 0 Å². The van der Waals surface area contributed by atoms with E-state index >= 15 is 0 Å². The lowest BCUT2D eigenvalue weighted by Crippen LogP contribution is -2.34. The highest BCUT2D eigenvalue weighted by Gasteiger charge is 2.31. The molecule has 2 unspecified atom stereocenters.